The average Bonchev–Trinajstić information content (AvgIpc) is 3.58. The van der Waals surface area contributed by atoms with Crippen molar-refractivity contribution in [3.05, 3.63) is 72.1 Å². The van der Waals surface area contributed by atoms with E-state index >= 15 is 0 Å². The number of amides is 3. The lowest BCUT2D eigenvalue weighted by Crippen LogP contribution is -2.57. The molecule has 0 bridgehead atoms. The number of benzene rings is 2. The first-order valence-corrected chi connectivity index (χ1v) is 14.6. The number of H-pyrrole nitrogens is 2. The van der Waals surface area contributed by atoms with Crippen molar-refractivity contribution in [2.75, 3.05) is 18.6 Å². The zero-order valence-electron chi connectivity index (χ0n) is 22.6. The molecule has 0 radical (unpaired) electrons. The van der Waals surface area contributed by atoms with Crippen LogP contribution >= 0.6 is 11.8 Å². The summed E-state index contributed by atoms with van der Waals surface area (Å²) in [6, 6.07) is 11.8. The van der Waals surface area contributed by atoms with Crippen LogP contribution in [0.15, 0.2) is 60.9 Å². The van der Waals surface area contributed by atoms with Gasteiger partial charge in [-0.25, -0.2) is 4.79 Å². The molecule has 216 valence electrons. The van der Waals surface area contributed by atoms with E-state index in [4.69, 9.17) is 5.73 Å². The predicted molar refractivity (Wildman–Crippen MR) is 159 cm³/mol. The molecule has 12 heteroatoms. The molecule has 4 rings (SSSR count). The molecule has 2 aromatic heterocycles. The molecule has 0 spiro atoms. The second kappa shape index (κ2) is 13.9. The SMILES string of the molecule is CSCCC(NC(=O)CN)C(=O)NC(Cc1c[nH]c2ccccc12)C(=O)NC(Cc1c[nH]c2ccccc12)C(=O)O. The molecule has 11 nitrogen and oxygen atoms in total. The minimum atomic E-state index is -1.24. The molecule has 3 amide bonds. The number of carboxylic acid groups (broad SMARTS) is 1. The van der Waals surface area contributed by atoms with E-state index in [-0.39, 0.29) is 19.4 Å². The summed E-state index contributed by atoms with van der Waals surface area (Å²) in [7, 11) is 0. The van der Waals surface area contributed by atoms with E-state index in [9.17, 15) is 24.3 Å². The van der Waals surface area contributed by atoms with Crippen molar-refractivity contribution in [1.29, 1.82) is 0 Å². The highest BCUT2D eigenvalue weighted by Crippen LogP contribution is 2.21. The van der Waals surface area contributed by atoms with Crippen LogP contribution in [-0.2, 0) is 32.0 Å². The number of aliphatic carboxylic acids is 1. The lowest BCUT2D eigenvalue weighted by atomic mass is 10.0. The van der Waals surface area contributed by atoms with Crippen molar-refractivity contribution in [2.45, 2.75) is 37.4 Å². The zero-order valence-corrected chi connectivity index (χ0v) is 23.4. The Labute approximate surface area is 241 Å². The zero-order chi connectivity index (χ0) is 29.4. The minimum Gasteiger partial charge on any atom is -0.480 e. The lowest BCUT2D eigenvalue weighted by Gasteiger charge is -2.24. The van der Waals surface area contributed by atoms with Crippen molar-refractivity contribution in [3.8, 4) is 0 Å². The van der Waals surface area contributed by atoms with Gasteiger partial charge in [0.25, 0.3) is 0 Å². The van der Waals surface area contributed by atoms with Crippen molar-refractivity contribution in [2.24, 2.45) is 5.73 Å². The van der Waals surface area contributed by atoms with E-state index in [2.05, 4.69) is 25.9 Å². The Balaban J connectivity index is 1.58. The summed E-state index contributed by atoms with van der Waals surface area (Å²) in [6.07, 6.45) is 5.85. The number of nitrogens with one attached hydrogen (secondary N) is 5. The fourth-order valence-electron chi connectivity index (χ4n) is 4.75. The maximum absolute atomic E-state index is 13.6. The molecule has 8 N–H and O–H groups in total. The van der Waals surface area contributed by atoms with Crippen LogP contribution in [0.4, 0.5) is 0 Å². The van der Waals surface area contributed by atoms with E-state index < -0.39 is 41.8 Å². The largest absolute Gasteiger partial charge is 0.480 e. The molecule has 0 aliphatic carbocycles. The van der Waals surface area contributed by atoms with Gasteiger partial charge in [-0.1, -0.05) is 36.4 Å². The van der Waals surface area contributed by atoms with Crippen molar-refractivity contribution < 1.29 is 24.3 Å². The average molecular weight is 579 g/mol. The molecule has 2 aromatic carbocycles. The predicted octanol–water partition coefficient (Wildman–Crippen LogP) is 1.69. The first kappa shape index (κ1) is 29.7. The normalized spacial score (nSPS) is 13.4. The van der Waals surface area contributed by atoms with Crippen LogP contribution in [0, 0.1) is 0 Å². The van der Waals surface area contributed by atoms with E-state index in [0.717, 1.165) is 32.9 Å². The fourth-order valence-corrected chi connectivity index (χ4v) is 5.22. The quantitative estimate of drug-likeness (QED) is 0.119. The monoisotopic (exact) mass is 578 g/mol. The van der Waals surface area contributed by atoms with Crippen molar-refractivity contribution in [1.82, 2.24) is 25.9 Å². The Morgan fingerprint density at radius 1 is 0.805 bits per heavy atom. The topological polar surface area (TPSA) is 182 Å². The van der Waals surface area contributed by atoms with E-state index in [1.165, 1.54) is 11.8 Å². The van der Waals surface area contributed by atoms with Gasteiger partial charge < -0.3 is 36.8 Å². The summed E-state index contributed by atoms with van der Waals surface area (Å²) in [5, 5.41) is 19.7. The summed E-state index contributed by atoms with van der Waals surface area (Å²) in [5.74, 6) is -2.30. The van der Waals surface area contributed by atoms with Crippen LogP contribution in [0.1, 0.15) is 17.5 Å². The Morgan fingerprint density at radius 3 is 1.85 bits per heavy atom. The molecule has 0 saturated carbocycles. The molecule has 3 unspecified atom stereocenters. The van der Waals surface area contributed by atoms with Gasteiger partial charge in [0.1, 0.15) is 18.1 Å². The number of hydrogen-bond donors (Lipinski definition) is 7. The minimum absolute atomic E-state index is 0.0434. The molecule has 0 saturated heterocycles. The van der Waals surface area contributed by atoms with Gasteiger partial charge >= 0.3 is 5.97 Å². The number of para-hydroxylation sites is 2. The highest BCUT2D eigenvalue weighted by atomic mass is 32.2. The van der Waals surface area contributed by atoms with E-state index in [0.29, 0.717) is 12.2 Å². The number of aromatic amines is 2. The maximum Gasteiger partial charge on any atom is 0.326 e. The standard InChI is InChI=1S/C29H34N6O5S/c1-41-11-10-23(33-26(36)14-30)27(37)34-24(12-17-15-31-21-8-4-2-6-19(17)21)28(38)35-25(29(39)40)13-18-16-32-22-9-5-3-7-20(18)22/h2-9,15-16,23-25,31-32H,10-14,30H2,1H3,(H,33,36)(H,34,37)(H,35,38)(H,39,40). The second-order valence-electron chi connectivity index (χ2n) is 9.69. The maximum atomic E-state index is 13.6. The summed E-state index contributed by atoms with van der Waals surface area (Å²) >= 11 is 1.51. The van der Waals surface area contributed by atoms with Crippen LogP contribution in [0.5, 0.6) is 0 Å². The van der Waals surface area contributed by atoms with Crippen molar-refractivity contribution in [3.63, 3.8) is 0 Å². The number of aromatic nitrogens is 2. The van der Waals surface area contributed by atoms with Gasteiger partial charge in [-0.15, -0.1) is 0 Å². The molecule has 3 atom stereocenters. The van der Waals surface area contributed by atoms with E-state index in [1.54, 1.807) is 12.4 Å². The van der Waals surface area contributed by atoms with Crippen molar-refractivity contribution >= 4 is 57.3 Å². The molecule has 41 heavy (non-hydrogen) atoms. The molecular formula is C29H34N6O5S. The van der Waals surface area contributed by atoms with Crippen LogP contribution in [-0.4, -0.2) is 75.4 Å². The molecular weight excluding hydrogens is 544 g/mol. The first-order valence-electron chi connectivity index (χ1n) is 13.2. The summed E-state index contributed by atoms with van der Waals surface area (Å²) in [5.41, 5.74) is 8.68. The van der Waals surface area contributed by atoms with Gasteiger partial charge in [0.05, 0.1) is 6.54 Å². The number of hydrogen-bond acceptors (Lipinski definition) is 6. The van der Waals surface area contributed by atoms with E-state index in [1.807, 2.05) is 54.8 Å². The van der Waals surface area contributed by atoms with Crippen LogP contribution in [0.3, 0.4) is 0 Å². The van der Waals surface area contributed by atoms with Gasteiger partial charge in [0.15, 0.2) is 0 Å². The van der Waals surface area contributed by atoms with Crippen LogP contribution in [0.25, 0.3) is 21.8 Å². The number of thioether (sulfide) groups is 1. The van der Waals surface area contributed by atoms with Gasteiger partial charge in [-0.05, 0) is 41.7 Å². The fraction of sp³-hybridized carbons (Fsp3) is 0.310. The number of nitrogens with two attached hydrogens (primary N) is 1. The Kier molecular flexibility index (Phi) is 10.0. The lowest BCUT2D eigenvalue weighted by molar-refractivity contribution is -0.142. The van der Waals surface area contributed by atoms with Gasteiger partial charge in [0.2, 0.25) is 17.7 Å². The summed E-state index contributed by atoms with van der Waals surface area (Å²) < 4.78 is 0. The van der Waals surface area contributed by atoms with Crippen LogP contribution < -0.4 is 21.7 Å². The molecule has 0 fully saturated rings. The second-order valence-corrected chi connectivity index (χ2v) is 10.7. The third-order valence-electron chi connectivity index (χ3n) is 6.89. The molecule has 0 aliphatic rings. The Bertz CT molecular complexity index is 1530. The summed E-state index contributed by atoms with van der Waals surface area (Å²) in [4.78, 5) is 57.5. The first-order chi connectivity index (χ1) is 19.8. The Hall–Kier alpha value is -4.29. The number of carbonyl (C=O) groups is 4. The van der Waals surface area contributed by atoms with Crippen LogP contribution in [0.2, 0.25) is 0 Å². The highest BCUT2D eigenvalue weighted by Gasteiger charge is 2.30. The number of carbonyl (C=O) groups excluding carboxylic acids is 3. The van der Waals surface area contributed by atoms with Gasteiger partial charge in [-0.3, -0.25) is 14.4 Å². The number of carboxylic acids is 1. The molecule has 2 heterocycles. The van der Waals surface area contributed by atoms with Gasteiger partial charge in [-0.2, -0.15) is 11.8 Å². The smallest absolute Gasteiger partial charge is 0.326 e. The number of fused-ring (bicyclic) bond motifs is 2. The molecule has 0 aliphatic heterocycles. The molecule has 4 aromatic rings. The summed E-state index contributed by atoms with van der Waals surface area (Å²) in [6.45, 7) is -0.281. The number of rotatable bonds is 14. The highest BCUT2D eigenvalue weighted by molar-refractivity contribution is 7.98. The third-order valence-corrected chi connectivity index (χ3v) is 7.54. The van der Waals surface area contributed by atoms with Gasteiger partial charge in [0, 0.05) is 47.0 Å². The Morgan fingerprint density at radius 2 is 1.32 bits per heavy atom. The third kappa shape index (κ3) is 7.47.